The molecule has 0 aliphatic heterocycles. The van der Waals surface area contributed by atoms with E-state index < -0.39 is 17.6 Å². The highest BCUT2D eigenvalue weighted by Crippen LogP contribution is 1.83. The fraction of sp³-hybridized carbons (Fsp3) is 0.182. The summed E-state index contributed by atoms with van der Waals surface area (Å²) in [7, 11) is 0. The molecular weight excluding hydrogens is 240 g/mol. The summed E-state index contributed by atoms with van der Waals surface area (Å²) in [6.07, 6.45) is 2.73. The largest absolute Gasteiger partial charge is 0.480 e. The Labute approximate surface area is 102 Å². The van der Waals surface area contributed by atoms with E-state index in [0.717, 1.165) is 9.13 Å². The van der Waals surface area contributed by atoms with Gasteiger partial charge in [0.1, 0.15) is 0 Å². The molecule has 0 atom stereocenters. The van der Waals surface area contributed by atoms with Crippen LogP contribution >= 0.6 is 0 Å². The Hall–Kier alpha value is -2.57. The molecule has 0 saturated heterocycles. The van der Waals surface area contributed by atoms with Crippen LogP contribution in [0, 0.1) is 0 Å². The van der Waals surface area contributed by atoms with Gasteiger partial charge in [-0.2, -0.15) is 0 Å². The Kier molecular flexibility index (Phi) is 3.88. The van der Waals surface area contributed by atoms with Gasteiger partial charge in [-0.1, -0.05) is 12.2 Å². The summed E-state index contributed by atoms with van der Waals surface area (Å²) in [4.78, 5) is 12.0. The second-order valence-corrected chi connectivity index (χ2v) is 3.43. The zero-order chi connectivity index (χ0) is 13.9. The third-order valence-electron chi connectivity index (χ3n) is 2.27. The smallest absolute Gasteiger partial charge is 0.330 e. The standard InChI is InChI=1S/C11H14N2O5/c1-3-5-12-7(9(14)15)8(10(16)17)13(6-4-2)11(12)18/h3-4,14-17H,1-2,5-6H2. The van der Waals surface area contributed by atoms with Crippen LogP contribution in [0.15, 0.2) is 30.1 Å². The van der Waals surface area contributed by atoms with Gasteiger partial charge in [-0.3, -0.25) is 9.13 Å². The van der Waals surface area contributed by atoms with Crippen molar-refractivity contribution in [3.8, 4) is 0 Å². The van der Waals surface area contributed by atoms with E-state index in [9.17, 15) is 25.2 Å². The summed E-state index contributed by atoms with van der Waals surface area (Å²) in [5, 5.41) is 35.9. The molecule has 7 heteroatoms. The summed E-state index contributed by atoms with van der Waals surface area (Å²) in [6.45, 7) is 6.85. The minimum Gasteiger partial charge on any atom is -0.480 e. The molecule has 1 rings (SSSR count). The maximum Gasteiger partial charge on any atom is 0.330 e. The molecule has 4 N–H and O–H groups in total. The van der Waals surface area contributed by atoms with Gasteiger partial charge in [0.2, 0.25) is 0 Å². The summed E-state index contributed by atoms with van der Waals surface area (Å²) in [5.41, 5.74) is -0.638. The van der Waals surface area contributed by atoms with E-state index in [-0.39, 0.29) is 23.8 Å². The number of aliphatic hydroxyl groups is 4. The molecule has 1 heterocycles. The minimum atomic E-state index is -1.19. The van der Waals surface area contributed by atoms with Gasteiger partial charge in [0.25, 0.3) is 0 Å². The molecular formula is C11H14N2O5. The Morgan fingerprint density at radius 3 is 1.50 bits per heavy atom. The van der Waals surface area contributed by atoms with Crippen molar-refractivity contribution in [2.45, 2.75) is 13.1 Å². The van der Waals surface area contributed by atoms with Crippen LogP contribution in [0.3, 0.4) is 0 Å². The summed E-state index contributed by atoms with van der Waals surface area (Å²) in [6, 6.07) is 0. The number of hydrogen-bond acceptors (Lipinski definition) is 5. The first-order valence-corrected chi connectivity index (χ1v) is 5.01. The van der Waals surface area contributed by atoms with Crippen LogP contribution < -0.4 is 16.4 Å². The molecule has 0 aromatic carbocycles. The van der Waals surface area contributed by atoms with Crippen LogP contribution in [-0.4, -0.2) is 29.6 Å². The lowest BCUT2D eigenvalue weighted by Crippen LogP contribution is -2.37. The highest BCUT2D eigenvalue weighted by molar-refractivity contribution is 5.28. The molecule has 1 aromatic heterocycles. The minimum absolute atomic E-state index is 0.0107. The third-order valence-corrected chi connectivity index (χ3v) is 2.27. The van der Waals surface area contributed by atoms with Crippen molar-refractivity contribution < 1.29 is 20.4 Å². The van der Waals surface area contributed by atoms with Gasteiger partial charge >= 0.3 is 17.6 Å². The Morgan fingerprint density at radius 1 is 0.944 bits per heavy atom. The lowest BCUT2D eigenvalue weighted by Gasteiger charge is -1.95. The van der Waals surface area contributed by atoms with Crippen molar-refractivity contribution in [2.75, 3.05) is 0 Å². The second kappa shape index (κ2) is 5.17. The number of rotatable bonds is 4. The lowest BCUT2D eigenvalue weighted by atomic mass is 10.5. The number of imidazole rings is 1. The molecule has 0 bridgehead atoms. The van der Waals surface area contributed by atoms with Crippen LogP contribution in [0.5, 0.6) is 0 Å². The van der Waals surface area contributed by atoms with Gasteiger partial charge in [-0.15, -0.1) is 13.2 Å². The number of aliphatic hydroxyl groups excluding tert-OH is 2. The molecule has 0 spiro atoms. The quantitative estimate of drug-likeness (QED) is 0.536. The Balaban J connectivity index is 4.02. The molecule has 0 amide bonds. The molecule has 0 fully saturated rings. The summed E-state index contributed by atoms with van der Waals surface area (Å²) in [5.74, 6) is -2.38. The van der Waals surface area contributed by atoms with Crippen molar-refractivity contribution in [1.29, 1.82) is 0 Å². The fourth-order valence-electron chi connectivity index (χ4n) is 1.64. The first-order chi connectivity index (χ1) is 8.45. The van der Waals surface area contributed by atoms with Gasteiger partial charge in [0.05, 0.1) is 0 Å². The van der Waals surface area contributed by atoms with Gasteiger partial charge < -0.3 is 20.4 Å². The predicted molar refractivity (Wildman–Crippen MR) is 65.7 cm³/mol. The third kappa shape index (κ3) is 2.10. The number of aromatic nitrogens is 2. The van der Waals surface area contributed by atoms with E-state index in [1.165, 1.54) is 12.2 Å². The number of hydrogen-bond donors (Lipinski definition) is 4. The van der Waals surface area contributed by atoms with E-state index in [2.05, 4.69) is 13.2 Å². The van der Waals surface area contributed by atoms with Crippen molar-refractivity contribution in [3.05, 3.63) is 46.5 Å². The summed E-state index contributed by atoms with van der Waals surface area (Å²) < 4.78 is 1.90. The number of nitrogens with zero attached hydrogens (tertiary/aromatic N) is 2. The van der Waals surface area contributed by atoms with E-state index in [0.29, 0.717) is 0 Å². The maximum atomic E-state index is 12.0. The van der Waals surface area contributed by atoms with Crippen molar-refractivity contribution in [3.63, 3.8) is 0 Å². The highest BCUT2D eigenvalue weighted by atomic mass is 16.5. The van der Waals surface area contributed by atoms with Crippen LogP contribution in [0.1, 0.15) is 0 Å². The van der Waals surface area contributed by atoms with Gasteiger partial charge in [0.15, 0.2) is 10.7 Å². The molecule has 18 heavy (non-hydrogen) atoms. The van der Waals surface area contributed by atoms with E-state index in [1.54, 1.807) is 0 Å². The van der Waals surface area contributed by atoms with Crippen LogP contribution in [0.4, 0.5) is 0 Å². The Morgan fingerprint density at radius 2 is 1.28 bits per heavy atom. The zero-order valence-electron chi connectivity index (χ0n) is 9.57. The molecule has 0 aliphatic carbocycles. The van der Waals surface area contributed by atoms with Crippen molar-refractivity contribution in [2.24, 2.45) is 0 Å². The van der Waals surface area contributed by atoms with Crippen LogP contribution in [-0.2, 0) is 13.1 Å². The van der Waals surface area contributed by atoms with Crippen molar-refractivity contribution >= 4 is 11.9 Å². The first-order valence-electron chi connectivity index (χ1n) is 5.01. The normalized spacial score (nSPS) is 10.0. The molecule has 0 aliphatic rings. The molecule has 1 aromatic rings. The summed E-state index contributed by atoms with van der Waals surface area (Å²) >= 11 is 0. The van der Waals surface area contributed by atoms with Gasteiger partial charge in [0, 0.05) is 13.1 Å². The lowest BCUT2D eigenvalue weighted by molar-refractivity contribution is 0.283. The number of allylic oxidation sites excluding steroid dienone is 2. The molecule has 98 valence electrons. The van der Waals surface area contributed by atoms with Gasteiger partial charge in [-0.25, -0.2) is 4.79 Å². The van der Waals surface area contributed by atoms with Crippen LogP contribution in [0.25, 0.3) is 11.9 Å². The molecule has 0 unspecified atom stereocenters. The fourth-order valence-corrected chi connectivity index (χ4v) is 1.64. The first kappa shape index (κ1) is 13.5. The molecule has 0 radical (unpaired) electrons. The Bertz CT molecular complexity index is 588. The molecule has 7 nitrogen and oxygen atoms in total. The average molecular weight is 254 g/mol. The van der Waals surface area contributed by atoms with Crippen LogP contribution in [0.2, 0.25) is 0 Å². The highest BCUT2D eigenvalue weighted by Gasteiger charge is 2.15. The van der Waals surface area contributed by atoms with E-state index >= 15 is 0 Å². The maximum absolute atomic E-state index is 12.0. The average Bonchev–Trinajstić information content (AvgIpc) is 2.55. The predicted octanol–water partition coefficient (Wildman–Crippen LogP) is -0.615. The van der Waals surface area contributed by atoms with Crippen molar-refractivity contribution in [1.82, 2.24) is 9.13 Å². The topological polar surface area (TPSA) is 108 Å². The zero-order valence-corrected chi connectivity index (χ0v) is 9.57. The second-order valence-electron chi connectivity index (χ2n) is 3.43. The van der Waals surface area contributed by atoms with E-state index in [1.807, 2.05) is 0 Å². The monoisotopic (exact) mass is 254 g/mol. The van der Waals surface area contributed by atoms with Gasteiger partial charge in [-0.05, 0) is 0 Å². The molecule has 0 saturated carbocycles. The SMILES string of the molecule is C=CCn1c(=C(O)O)c(=C(O)O)n(CC=C)c1=O. The van der Waals surface area contributed by atoms with E-state index in [4.69, 9.17) is 0 Å².